The molecule has 1 aromatic heterocycles. The third-order valence-corrected chi connectivity index (χ3v) is 4.88. The van der Waals surface area contributed by atoms with Gasteiger partial charge in [0.2, 0.25) is 0 Å². The fraction of sp³-hybridized carbons (Fsp3) is 0.667. The topological polar surface area (TPSA) is 57.7 Å². The van der Waals surface area contributed by atoms with Crippen molar-refractivity contribution in [1.82, 2.24) is 20.1 Å². The lowest BCUT2D eigenvalue weighted by molar-refractivity contribution is 0.0861. The lowest BCUT2D eigenvalue weighted by atomic mass is 10.0. The van der Waals surface area contributed by atoms with Gasteiger partial charge in [-0.2, -0.15) is 0 Å². The number of likely N-dealkylation sites (N-methyl/N-ethyl adjacent to an activating group) is 1. The van der Waals surface area contributed by atoms with Gasteiger partial charge in [0.05, 0.1) is 11.8 Å². The molecule has 0 aromatic carbocycles. The molecule has 2 fully saturated rings. The van der Waals surface area contributed by atoms with E-state index in [-0.39, 0.29) is 18.2 Å². The molecule has 24 heavy (non-hydrogen) atoms. The number of hydrogen-bond acceptors (Lipinski definition) is 4. The number of amides is 2. The van der Waals surface area contributed by atoms with Gasteiger partial charge in [0.1, 0.15) is 0 Å². The summed E-state index contributed by atoms with van der Waals surface area (Å²) in [6, 6.07) is 6.32. The van der Waals surface area contributed by atoms with Gasteiger partial charge in [0.15, 0.2) is 0 Å². The summed E-state index contributed by atoms with van der Waals surface area (Å²) in [5.41, 5.74) is 1.11. The van der Waals surface area contributed by atoms with E-state index in [4.69, 9.17) is 4.74 Å². The van der Waals surface area contributed by atoms with Crippen molar-refractivity contribution in [2.75, 3.05) is 33.3 Å². The van der Waals surface area contributed by atoms with Gasteiger partial charge in [-0.1, -0.05) is 6.07 Å². The van der Waals surface area contributed by atoms with Gasteiger partial charge in [0.25, 0.3) is 0 Å². The van der Waals surface area contributed by atoms with E-state index in [0.29, 0.717) is 6.54 Å². The molecule has 6 nitrogen and oxygen atoms in total. The van der Waals surface area contributed by atoms with Crippen LogP contribution in [0.2, 0.25) is 0 Å². The van der Waals surface area contributed by atoms with Gasteiger partial charge in [-0.15, -0.1) is 0 Å². The van der Waals surface area contributed by atoms with Crippen LogP contribution in [0.4, 0.5) is 4.79 Å². The molecular formula is C18H28N4O2. The second kappa shape index (κ2) is 8.44. The highest BCUT2D eigenvalue weighted by molar-refractivity contribution is 5.74. The van der Waals surface area contributed by atoms with Crippen LogP contribution in [0.15, 0.2) is 24.4 Å². The van der Waals surface area contributed by atoms with E-state index < -0.39 is 0 Å². The third kappa shape index (κ3) is 4.92. The zero-order valence-corrected chi connectivity index (χ0v) is 14.5. The number of urea groups is 1. The Kier molecular flexibility index (Phi) is 6.04. The highest BCUT2D eigenvalue weighted by atomic mass is 16.5. The van der Waals surface area contributed by atoms with E-state index in [9.17, 15) is 4.79 Å². The molecule has 0 spiro atoms. The Bertz CT molecular complexity index is 511. The Hall–Kier alpha value is -1.66. The molecular weight excluding hydrogens is 304 g/mol. The summed E-state index contributed by atoms with van der Waals surface area (Å²) >= 11 is 0. The van der Waals surface area contributed by atoms with Crippen molar-refractivity contribution in [3.05, 3.63) is 30.1 Å². The van der Waals surface area contributed by atoms with Crippen molar-refractivity contribution in [3.8, 4) is 0 Å². The quantitative estimate of drug-likeness (QED) is 0.894. The number of carbonyl (C=O) groups excluding carboxylic acids is 1. The lowest BCUT2D eigenvalue weighted by Crippen LogP contribution is -2.49. The van der Waals surface area contributed by atoms with Crippen molar-refractivity contribution in [1.29, 1.82) is 0 Å². The summed E-state index contributed by atoms with van der Waals surface area (Å²) in [5, 5.41) is 3.17. The molecule has 0 saturated carbocycles. The Labute approximate surface area is 144 Å². The molecule has 2 saturated heterocycles. The molecule has 2 aliphatic heterocycles. The van der Waals surface area contributed by atoms with Gasteiger partial charge < -0.3 is 15.0 Å². The minimum Gasteiger partial charge on any atom is -0.376 e. The highest BCUT2D eigenvalue weighted by Gasteiger charge is 2.24. The molecule has 0 aliphatic carbocycles. The zero-order valence-electron chi connectivity index (χ0n) is 14.5. The number of likely N-dealkylation sites (tertiary alicyclic amines) is 1. The number of pyridine rings is 1. The van der Waals surface area contributed by atoms with Gasteiger partial charge >= 0.3 is 6.03 Å². The number of carbonyl (C=O) groups is 1. The van der Waals surface area contributed by atoms with Crippen LogP contribution in [0, 0.1) is 0 Å². The lowest BCUT2D eigenvalue weighted by Gasteiger charge is -2.33. The van der Waals surface area contributed by atoms with Crippen LogP contribution in [0.1, 0.15) is 31.4 Å². The maximum absolute atomic E-state index is 12.3. The maximum atomic E-state index is 12.3. The van der Waals surface area contributed by atoms with Crippen LogP contribution >= 0.6 is 0 Å². The Morgan fingerprint density at radius 2 is 2.21 bits per heavy atom. The minimum atomic E-state index is 0.0219. The van der Waals surface area contributed by atoms with Gasteiger partial charge in [-0.3, -0.25) is 9.88 Å². The number of nitrogens with zero attached hydrogens (tertiary/aromatic N) is 3. The summed E-state index contributed by atoms with van der Waals surface area (Å²) in [7, 11) is 1.85. The van der Waals surface area contributed by atoms with Crippen molar-refractivity contribution in [3.63, 3.8) is 0 Å². The molecule has 2 amide bonds. The van der Waals surface area contributed by atoms with Gasteiger partial charge in [-0.05, 0) is 37.8 Å². The molecule has 1 unspecified atom stereocenters. The fourth-order valence-electron chi connectivity index (χ4n) is 3.42. The number of hydrogen-bond donors (Lipinski definition) is 1. The Morgan fingerprint density at radius 1 is 1.38 bits per heavy atom. The van der Waals surface area contributed by atoms with E-state index >= 15 is 0 Å². The SMILES string of the molecule is CN(CC1CCCO1)C(=O)NC1CCN(Cc2ccccn2)CC1. The average Bonchev–Trinajstić information content (AvgIpc) is 3.10. The maximum Gasteiger partial charge on any atom is 0.317 e. The molecule has 1 N–H and O–H groups in total. The summed E-state index contributed by atoms with van der Waals surface area (Å²) in [4.78, 5) is 20.9. The van der Waals surface area contributed by atoms with Crippen LogP contribution in [0.25, 0.3) is 0 Å². The monoisotopic (exact) mass is 332 g/mol. The Balaban J connectivity index is 1.37. The first-order valence-electron chi connectivity index (χ1n) is 8.96. The van der Waals surface area contributed by atoms with Crippen LogP contribution < -0.4 is 5.32 Å². The van der Waals surface area contributed by atoms with Crippen molar-refractivity contribution < 1.29 is 9.53 Å². The van der Waals surface area contributed by atoms with E-state index in [0.717, 1.165) is 57.6 Å². The summed E-state index contributed by atoms with van der Waals surface area (Å²) < 4.78 is 5.60. The molecule has 1 atom stereocenters. The van der Waals surface area contributed by atoms with E-state index in [1.165, 1.54) is 0 Å². The standard InChI is InChI=1S/C18H28N4O2/c1-21(14-17-6-4-12-24-17)18(23)20-15-7-10-22(11-8-15)13-16-5-2-3-9-19-16/h2-3,5,9,15,17H,4,6-8,10-14H2,1H3,(H,20,23). The van der Waals surface area contributed by atoms with Crippen LogP contribution in [0.3, 0.4) is 0 Å². The van der Waals surface area contributed by atoms with Gasteiger partial charge in [0, 0.05) is 52.1 Å². The number of ether oxygens (including phenoxy) is 1. The van der Waals surface area contributed by atoms with Crippen LogP contribution in [-0.4, -0.2) is 66.2 Å². The van der Waals surface area contributed by atoms with Crippen molar-refractivity contribution in [2.45, 2.75) is 44.4 Å². The first kappa shape index (κ1) is 17.2. The predicted octanol–water partition coefficient (Wildman–Crippen LogP) is 1.87. The fourth-order valence-corrected chi connectivity index (χ4v) is 3.42. The number of piperidine rings is 1. The minimum absolute atomic E-state index is 0.0219. The summed E-state index contributed by atoms with van der Waals surface area (Å²) in [6.07, 6.45) is 6.20. The van der Waals surface area contributed by atoms with Crippen LogP contribution in [0.5, 0.6) is 0 Å². The van der Waals surface area contributed by atoms with E-state index in [2.05, 4.69) is 21.3 Å². The summed E-state index contributed by atoms with van der Waals surface area (Å²) in [6.45, 7) is 4.40. The van der Waals surface area contributed by atoms with Crippen molar-refractivity contribution >= 4 is 6.03 Å². The molecule has 6 heteroatoms. The largest absolute Gasteiger partial charge is 0.376 e. The average molecular weight is 332 g/mol. The molecule has 132 valence electrons. The molecule has 2 aliphatic rings. The molecule has 0 radical (unpaired) electrons. The second-order valence-electron chi connectivity index (χ2n) is 6.84. The normalized spacial score (nSPS) is 22.5. The predicted molar refractivity (Wildman–Crippen MR) is 92.7 cm³/mol. The second-order valence-corrected chi connectivity index (χ2v) is 6.84. The number of rotatable bonds is 5. The van der Waals surface area contributed by atoms with Crippen LogP contribution in [-0.2, 0) is 11.3 Å². The van der Waals surface area contributed by atoms with Crippen molar-refractivity contribution in [2.24, 2.45) is 0 Å². The van der Waals surface area contributed by atoms with Gasteiger partial charge in [-0.25, -0.2) is 4.79 Å². The first-order chi connectivity index (χ1) is 11.7. The van der Waals surface area contributed by atoms with E-state index in [1.807, 2.05) is 25.4 Å². The third-order valence-electron chi connectivity index (χ3n) is 4.88. The first-order valence-corrected chi connectivity index (χ1v) is 8.96. The van der Waals surface area contributed by atoms with E-state index in [1.54, 1.807) is 4.90 Å². The molecule has 3 heterocycles. The number of aromatic nitrogens is 1. The molecule has 1 aromatic rings. The highest BCUT2D eigenvalue weighted by Crippen LogP contribution is 2.15. The molecule has 3 rings (SSSR count). The summed E-state index contributed by atoms with van der Waals surface area (Å²) in [5.74, 6) is 0. The number of nitrogens with one attached hydrogen (secondary N) is 1. The Morgan fingerprint density at radius 3 is 2.88 bits per heavy atom. The smallest absolute Gasteiger partial charge is 0.317 e. The zero-order chi connectivity index (χ0) is 16.8. The molecule has 0 bridgehead atoms.